The fourth-order valence-electron chi connectivity index (χ4n) is 3.19. The van der Waals surface area contributed by atoms with Crippen LogP contribution in [0.2, 0.25) is 0 Å². The van der Waals surface area contributed by atoms with Crippen LogP contribution in [0.25, 0.3) is 0 Å². The molecule has 0 saturated heterocycles. The van der Waals surface area contributed by atoms with Crippen LogP contribution < -0.4 is 5.73 Å². The monoisotopic (exact) mass is 293 g/mol. The van der Waals surface area contributed by atoms with Gasteiger partial charge in [-0.1, -0.05) is 25.8 Å². The summed E-state index contributed by atoms with van der Waals surface area (Å²) in [7, 11) is -0.921. The van der Waals surface area contributed by atoms with Crippen molar-refractivity contribution in [2.75, 3.05) is 6.54 Å². The first-order valence-corrected chi connectivity index (χ1v) is 8.96. The van der Waals surface area contributed by atoms with Crippen LogP contribution in [0.15, 0.2) is 23.1 Å². The lowest BCUT2D eigenvalue weighted by atomic mass is 9.80. The van der Waals surface area contributed by atoms with Crippen molar-refractivity contribution in [2.24, 2.45) is 17.6 Å². The highest BCUT2D eigenvalue weighted by Crippen LogP contribution is 2.35. The summed E-state index contributed by atoms with van der Waals surface area (Å²) in [4.78, 5) is 0.980. The van der Waals surface area contributed by atoms with Gasteiger partial charge < -0.3 is 5.73 Å². The average molecular weight is 293 g/mol. The first-order chi connectivity index (χ1) is 9.56. The van der Waals surface area contributed by atoms with Crippen molar-refractivity contribution >= 4 is 10.8 Å². The predicted molar refractivity (Wildman–Crippen MR) is 86.3 cm³/mol. The highest BCUT2D eigenvalue weighted by atomic mass is 32.2. The summed E-state index contributed by atoms with van der Waals surface area (Å²) in [6.45, 7) is 7.09. The maximum atomic E-state index is 12.9. The topological polar surface area (TPSA) is 43.1 Å². The van der Waals surface area contributed by atoms with Crippen LogP contribution in [0.4, 0.5) is 0 Å². The quantitative estimate of drug-likeness (QED) is 0.922. The molecule has 4 unspecified atom stereocenters. The summed E-state index contributed by atoms with van der Waals surface area (Å²) >= 11 is 0. The summed E-state index contributed by atoms with van der Waals surface area (Å²) in [5, 5.41) is 0.237. The Morgan fingerprint density at radius 1 is 1.25 bits per heavy atom. The first-order valence-electron chi connectivity index (χ1n) is 7.74. The van der Waals surface area contributed by atoms with Gasteiger partial charge in [-0.25, -0.2) is 0 Å². The van der Waals surface area contributed by atoms with E-state index in [1.165, 1.54) is 24.0 Å². The van der Waals surface area contributed by atoms with Gasteiger partial charge in [0.1, 0.15) is 0 Å². The van der Waals surface area contributed by atoms with E-state index in [2.05, 4.69) is 32.9 Å². The third-order valence-corrected chi connectivity index (χ3v) is 6.75. The third-order valence-electron chi connectivity index (χ3n) is 4.90. The number of benzene rings is 1. The van der Waals surface area contributed by atoms with E-state index in [1.54, 1.807) is 0 Å². The molecule has 0 amide bonds. The minimum Gasteiger partial charge on any atom is -0.330 e. The molecule has 1 fully saturated rings. The second-order valence-corrected chi connectivity index (χ2v) is 7.84. The van der Waals surface area contributed by atoms with Crippen molar-refractivity contribution in [1.29, 1.82) is 0 Å². The minimum atomic E-state index is -0.921. The molecule has 0 radical (unpaired) electrons. The van der Waals surface area contributed by atoms with Crippen LogP contribution in [0, 0.1) is 25.7 Å². The molecule has 1 aliphatic carbocycles. The third kappa shape index (κ3) is 3.32. The van der Waals surface area contributed by atoms with Gasteiger partial charge in [-0.3, -0.25) is 4.21 Å². The van der Waals surface area contributed by atoms with E-state index >= 15 is 0 Å². The van der Waals surface area contributed by atoms with Crippen LogP contribution >= 0.6 is 0 Å². The molecule has 2 N–H and O–H groups in total. The van der Waals surface area contributed by atoms with Crippen molar-refractivity contribution in [3.05, 3.63) is 29.3 Å². The van der Waals surface area contributed by atoms with Crippen molar-refractivity contribution in [3.63, 3.8) is 0 Å². The summed E-state index contributed by atoms with van der Waals surface area (Å²) in [5.41, 5.74) is 8.40. The van der Waals surface area contributed by atoms with Crippen molar-refractivity contribution in [2.45, 2.75) is 56.6 Å². The molecular weight excluding hydrogens is 266 g/mol. The predicted octanol–water partition coefficient (Wildman–Crippen LogP) is 3.56. The van der Waals surface area contributed by atoms with E-state index in [1.807, 2.05) is 6.07 Å². The number of hydrogen-bond donors (Lipinski definition) is 1. The molecule has 4 atom stereocenters. The van der Waals surface area contributed by atoms with Crippen molar-refractivity contribution < 1.29 is 4.21 Å². The van der Waals surface area contributed by atoms with E-state index in [0.717, 1.165) is 23.7 Å². The molecule has 1 aliphatic rings. The Labute approximate surface area is 125 Å². The molecule has 0 spiro atoms. The zero-order valence-electron chi connectivity index (χ0n) is 12.9. The Hall–Kier alpha value is -0.670. The lowest BCUT2D eigenvalue weighted by Gasteiger charge is -2.34. The van der Waals surface area contributed by atoms with E-state index in [9.17, 15) is 4.21 Å². The maximum absolute atomic E-state index is 12.9. The van der Waals surface area contributed by atoms with Gasteiger partial charge in [0.2, 0.25) is 0 Å². The Morgan fingerprint density at radius 2 is 2.00 bits per heavy atom. The fraction of sp³-hybridized carbons (Fsp3) is 0.647. The molecule has 2 rings (SSSR count). The average Bonchev–Trinajstić information content (AvgIpc) is 2.48. The van der Waals surface area contributed by atoms with Gasteiger partial charge in [-0.05, 0) is 68.3 Å². The second kappa shape index (κ2) is 6.86. The molecule has 0 heterocycles. The number of rotatable bonds is 4. The molecule has 0 aromatic heterocycles. The van der Waals surface area contributed by atoms with Gasteiger partial charge in [0, 0.05) is 10.1 Å². The zero-order valence-corrected chi connectivity index (χ0v) is 13.7. The van der Waals surface area contributed by atoms with E-state index < -0.39 is 10.8 Å². The lowest BCUT2D eigenvalue weighted by molar-refractivity contribution is 0.280. The highest BCUT2D eigenvalue weighted by Gasteiger charge is 2.33. The SMILES string of the molecule is CCC1CCC(CN)C(S(=O)c2ccc(C)c(C)c2)C1. The lowest BCUT2D eigenvalue weighted by Crippen LogP contribution is -2.37. The zero-order chi connectivity index (χ0) is 14.7. The number of nitrogens with two attached hydrogens (primary N) is 1. The number of hydrogen-bond acceptors (Lipinski definition) is 2. The van der Waals surface area contributed by atoms with Crippen LogP contribution in [0.3, 0.4) is 0 Å². The summed E-state index contributed by atoms with van der Waals surface area (Å²) in [6.07, 6.45) is 4.64. The molecule has 0 bridgehead atoms. The van der Waals surface area contributed by atoms with Crippen LogP contribution in [0.1, 0.15) is 43.7 Å². The standard InChI is InChI=1S/C17H27NOS/c1-4-14-6-7-15(11-18)17(10-14)20(19)16-8-5-12(2)13(3)9-16/h5,8-9,14-15,17H,4,6-7,10-11,18H2,1-3H3. The van der Waals surface area contributed by atoms with Gasteiger partial charge in [0.05, 0.1) is 10.8 Å². The van der Waals surface area contributed by atoms with E-state index in [-0.39, 0.29) is 5.25 Å². The molecule has 112 valence electrons. The Balaban J connectivity index is 2.22. The van der Waals surface area contributed by atoms with Gasteiger partial charge in [-0.15, -0.1) is 0 Å². The van der Waals surface area contributed by atoms with E-state index in [4.69, 9.17) is 5.73 Å². The van der Waals surface area contributed by atoms with Crippen molar-refractivity contribution in [3.8, 4) is 0 Å². The maximum Gasteiger partial charge on any atom is 0.0564 e. The van der Waals surface area contributed by atoms with Crippen molar-refractivity contribution in [1.82, 2.24) is 0 Å². The molecule has 2 nitrogen and oxygen atoms in total. The van der Waals surface area contributed by atoms with Gasteiger partial charge in [0.15, 0.2) is 0 Å². The normalized spacial score (nSPS) is 28.3. The fourth-order valence-corrected chi connectivity index (χ4v) is 5.08. The molecule has 0 aliphatic heterocycles. The Bertz CT molecular complexity index is 486. The summed E-state index contributed by atoms with van der Waals surface area (Å²) in [5.74, 6) is 1.14. The summed E-state index contributed by atoms with van der Waals surface area (Å²) in [6, 6.07) is 6.20. The van der Waals surface area contributed by atoms with Gasteiger partial charge in [0.25, 0.3) is 0 Å². The smallest absolute Gasteiger partial charge is 0.0564 e. The molecule has 1 saturated carbocycles. The molecule has 20 heavy (non-hydrogen) atoms. The highest BCUT2D eigenvalue weighted by molar-refractivity contribution is 7.85. The van der Waals surface area contributed by atoms with Gasteiger partial charge >= 0.3 is 0 Å². The number of aryl methyl sites for hydroxylation is 2. The van der Waals surface area contributed by atoms with Gasteiger partial charge in [-0.2, -0.15) is 0 Å². The van der Waals surface area contributed by atoms with Crippen LogP contribution in [-0.4, -0.2) is 16.0 Å². The Morgan fingerprint density at radius 3 is 2.60 bits per heavy atom. The molecule has 1 aromatic rings. The summed E-state index contributed by atoms with van der Waals surface area (Å²) < 4.78 is 12.9. The molecule has 3 heteroatoms. The van der Waals surface area contributed by atoms with Crippen LogP contribution in [0.5, 0.6) is 0 Å². The van der Waals surface area contributed by atoms with E-state index in [0.29, 0.717) is 12.5 Å². The molecule has 1 aromatic carbocycles. The first kappa shape index (κ1) is 15.7. The minimum absolute atomic E-state index is 0.237. The second-order valence-electron chi connectivity index (χ2n) is 6.17. The Kier molecular flexibility index (Phi) is 5.39. The van der Waals surface area contributed by atoms with Crippen LogP contribution in [-0.2, 0) is 10.8 Å². The largest absolute Gasteiger partial charge is 0.330 e. The molecular formula is C17H27NOS.